The zero-order valence-electron chi connectivity index (χ0n) is 11.5. The van der Waals surface area contributed by atoms with Gasteiger partial charge in [-0.3, -0.25) is 0 Å². The molecule has 104 valence electrons. The van der Waals surface area contributed by atoms with Crippen LogP contribution in [0.1, 0.15) is 29.7 Å². The summed E-state index contributed by atoms with van der Waals surface area (Å²) >= 11 is 5.75. The van der Waals surface area contributed by atoms with Crippen LogP contribution in [0.15, 0.2) is 36.4 Å². The summed E-state index contributed by atoms with van der Waals surface area (Å²) in [6, 6.07) is 12.8. The number of pyridine rings is 1. The number of benzene rings is 1. The maximum Gasteiger partial charge on any atom is 0.130 e. The van der Waals surface area contributed by atoms with Crippen molar-refractivity contribution in [2.45, 2.75) is 32.1 Å². The molecule has 0 bridgehead atoms. The van der Waals surface area contributed by atoms with Crippen LogP contribution in [0.2, 0.25) is 0 Å². The molecule has 20 heavy (non-hydrogen) atoms. The normalized spacial score (nSPS) is 13.2. The van der Waals surface area contributed by atoms with Crippen molar-refractivity contribution in [3.05, 3.63) is 53.2 Å². The van der Waals surface area contributed by atoms with Gasteiger partial charge in [0, 0.05) is 17.3 Å². The van der Waals surface area contributed by atoms with Gasteiger partial charge in [-0.05, 0) is 61.4 Å². The van der Waals surface area contributed by atoms with Gasteiger partial charge >= 0.3 is 0 Å². The molecule has 0 radical (unpaired) electrons. The Hall–Kier alpha value is -1.54. The van der Waals surface area contributed by atoms with Crippen LogP contribution < -0.4 is 5.32 Å². The predicted molar refractivity (Wildman–Crippen MR) is 85.0 cm³/mol. The van der Waals surface area contributed by atoms with Gasteiger partial charge in [-0.1, -0.05) is 18.2 Å². The van der Waals surface area contributed by atoms with Crippen LogP contribution in [0.3, 0.4) is 0 Å². The number of aromatic nitrogens is 1. The first-order chi connectivity index (χ1) is 9.85. The minimum Gasteiger partial charge on any atom is -0.340 e. The third-order valence-corrected chi connectivity index (χ3v) is 3.99. The summed E-state index contributed by atoms with van der Waals surface area (Å²) in [5, 5.41) is 3.41. The second-order valence-corrected chi connectivity index (χ2v) is 5.65. The Labute approximate surface area is 125 Å². The van der Waals surface area contributed by atoms with Gasteiger partial charge in [-0.25, -0.2) is 4.98 Å². The van der Waals surface area contributed by atoms with Gasteiger partial charge in [0.05, 0.1) is 0 Å². The Morgan fingerprint density at radius 1 is 1.15 bits per heavy atom. The van der Waals surface area contributed by atoms with Gasteiger partial charge in [0.1, 0.15) is 5.82 Å². The van der Waals surface area contributed by atoms with E-state index in [1.165, 1.54) is 29.7 Å². The fourth-order valence-electron chi connectivity index (χ4n) is 2.71. The van der Waals surface area contributed by atoms with Crippen molar-refractivity contribution >= 4 is 23.1 Å². The van der Waals surface area contributed by atoms with E-state index >= 15 is 0 Å². The van der Waals surface area contributed by atoms with E-state index in [0.29, 0.717) is 5.88 Å². The lowest BCUT2D eigenvalue weighted by Gasteiger charge is -2.09. The fourth-order valence-corrected chi connectivity index (χ4v) is 2.85. The van der Waals surface area contributed by atoms with E-state index in [1.54, 1.807) is 0 Å². The van der Waals surface area contributed by atoms with Crippen molar-refractivity contribution in [1.82, 2.24) is 4.98 Å². The zero-order chi connectivity index (χ0) is 13.8. The molecule has 0 saturated carbocycles. The van der Waals surface area contributed by atoms with E-state index in [9.17, 15) is 0 Å². The summed E-state index contributed by atoms with van der Waals surface area (Å²) in [5.41, 5.74) is 5.08. The summed E-state index contributed by atoms with van der Waals surface area (Å²) < 4.78 is 0. The summed E-state index contributed by atoms with van der Waals surface area (Å²) in [4.78, 5) is 4.71. The van der Waals surface area contributed by atoms with Gasteiger partial charge in [-0.2, -0.15) is 0 Å². The first-order valence-corrected chi connectivity index (χ1v) is 7.79. The van der Waals surface area contributed by atoms with Crippen LogP contribution in [0.4, 0.5) is 11.5 Å². The van der Waals surface area contributed by atoms with Gasteiger partial charge < -0.3 is 5.32 Å². The Bertz CT molecular complexity index is 595. The largest absolute Gasteiger partial charge is 0.340 e. The Morgan fingerprint density at radius 3 is 3.00 bits per heavy atom. The Kier molecular flexibility index (Phi) is 4.22. The van der Waals surface area contributed by atoms with Crippen molar-refractivity contribution in [3.63, 3.8) is 0 Å². The minimum atomic E-state index is 0.712. The van der Waals surface area contributed by atoms with Crippen LogP contribution in [0.25, 0.3) is 0 Å². The van der Waals surface area contributed by atoms with Gasteiger partial charge in [0.2, 0.25) is 0 Å². The molecule has 1 heterocycles. The van der Waals surface area contributed by atoms with Gasteiger partial charge in [0.15, 0.2) is 0 Å². The average Bonchev–Trinajstić information content (AvgIpc) is 2.93. The summed E-state index contributed by atoms with van der Waals surface area (Å²) in [6.45, 7) is 0. The number of aryl methyl sites for hydroxylation is 3. The molecule has 1 aromatic carbocycles. The molecule has 0 atom stereocenters. The second-order valence-electron chi connectivity index (χ2n) is 5.27. The third-order valence-electron chi connectivity index (χ3n) is 3.73. The monoisotopic (exact) mass is 286 g/mol. The van der Waals surface area contributed by atoms with Crippen LogP contribution in [-0.4, -0.2) is 10.9 Å². The molecular weight excluding hydrogens is 268 g/mol. The standard InChI is InChI=1S/C17H19ClN2/c18-11-3-5-13-4-1-7-15(12-13)19-17-10-9-14-6-2-8-16(14)20-17/h1,4,7,9-10,12H,2-3,5-6,8,11H2,(H,19,20). The maximum atomic E-state index is 5.75. The number of rotatable bonds is 5. The lowest BCUT2D eigenvalue weighted by molar-refractivity contribution is 0.900. The first-order valence-electron chi connectivity index (χ1n) is 7.26. The SMILES string of the molecule is ClCCCc1cccc(Nc2ccc3c(n2)CCC3)c1. The molecule has 1 aliphatic rings. The topological polar surface area (TPSA) is 24.9 Å². The van der Waals surface area contributed by atoms with E-state index in [4.69, 9.17) is 16.6 Å². The van der Waals surface area contributed by atoms with Crippen molar-refractivity contribution < 1.29 is 0 Å². The highest BCUT2D eigenvalue weighted by Crippen LogP contribution is 2.23. The van der Waals surface area contributed by atoms with Crippen LogP contribution in [0, 0.1) is 0 Å². The molecule has 3 rings (SSSR count). The molecule has 0 aliphatic heterocycles. The van der Waals surface area contributed by atoms with E-state index in [-0.39, 0.29) is 0 Å². The smallest absolute Gasteiger partial charge is 0.130 e. The van der Waals surface area contributed by atoms with Crippen molar-refractivity contribution in [3.8, 4) is 0 Å². The first kappa shape index (κ1) is 13.4. The van der Waals surface area contributed by atoms with Crippen LogP contribution in [-0.2, 0) is 19.3 Å². The maximum absolute atomic E-state index is 5.75. The Morgan fingerprint density at radius 2 is 2.10 bits per heavy atom. The Balaban J connectivity index is 1.74. The number of nitrogens with one attached hydrogen (secondary N) is 1. The zero-order valence-corrected chi connectivity index (χ0v) is 12.3. The molecule has 3 heteroatoms. The minimum absolute atomic E-state index is 0.712. The number of halogens is 1. The highest BCUT2D eigenvalue weighted by Gasteiger charge is 2.12. The van der Waals surface area contributed by atoms with Gasteiger partial charge in [0.25, 0.3) is 0 Å². The van der Waals surface area contributed by atoms with Crippen LogP contribution in [0.5, 0.6) is 0 Å². The molecule has 2 nitrogen and oxygen atoms in total. The van der Waals surface area contributed by atoms with E-state index < -0.39 is 0 Å². The number of anilines is 2. The van der Waals surface area contributed by atoms with E-state index in [0.717, 1.165) is 30.8 Å². The lowest BCUT2D eigenvalue weighted by atomic mass is 10.1. The number of hydrogen-bond donors (Lipinski definition) is 1. The number of fused-ring (bicyclic) bond motifs is 1. The van der Waals surface area contributed by atoms with Crippen molar-refractivity contribution in [2.75, 3.05) is 11.2 Å². The highest BCUT2D eigenvalue weighted by atomic mass is 35.5. The molecule has 0 spiro atoms. The van der Waals surface area contributed by atoms with Crippen LogP contribution >= 0.6 is 11.6 Å². The van der Waals surface area contributed by atoms with Crippen molar-refractivity contribution in [2.24, 2.45) is 0 Å². The lowest BCUT2D eigenvalue weighted by Crippen LogP contribution is -1.97. The highest BCUT2D eigenvalue weighted by molar-refractivity contribution is 6.17. The van der Waals surface area contributed by atoms with Gasteiger partial charge in [-0.15, -0.1) is 11.6 Å². The van der Waals surface area contributed by atoms with E-state index in [2.05, 4.69) is 41.7 Å². The quantitative estimate of drug-likeness (QED) is 0.820. The second kappa shape index (κ2) is 6.27. The third kappa shape index (κ3) is 3.13. The number of alkyl halides is 1. The van der Waals surface area contributed by atoms with Crippen molar-refractivity contribution in [1.29, 1.82) is 0 Å². The molecular formula is C17H19ClN2. The molecule has 0 unspecified atom stereocenters. The average molecular weight is 287 g/mol. The number of nitrogens with zero attached hydrogens (tertiary/aromatic N) is 1. The fraction of sp³-hybridized carbons (Fsp3) is 0.353. The molecule has 1 aliphatic carbocycles. The molecule has 0 saturated heterocycles. The molecule has 1 aromatic heterocycles. The molecule has 2 aromatic rings. The summed E-state index contributed by atoms with van der Waals surface area (Å²) in [5.74, 6) is 1.66. The molecule has 1 N–H and O–H groups in total. The van der Waals surface area contributed by atoms with E-state index in [1.807, 2.05) is 0 Å². The summed E-state index contributed by atoms with van der Waals surface area (Å²) in [7, 11) is 0. The summed E-state index contributed by atoms with van der Waals surface area (Å²) in [6.07, 6.45) is 5.57. The number of hydrogen-bond acceptors (Lipinski definition) is 2. The molecule has 0 fully saturated rings. The predicted octanol–water partition coefficient (Wildman–Crippen LogP) is 4.49. The molecule has 0 amide bonds.